The number of benzene rings is 2. The Bertz CT molecular complexity index is 1190. The first kappa shape index (κ1) is 27.4. The Kier molecular flexibility index (Phi) is 8.52. The molecule has 2 unspecified atom stereocenters. The Labute approximate surface area is 208 Å². The number of nitrogens with one attached hydrogen (secondary N) is 1. The SMILES string of the molecule is CCS(=O)(=O)c1ccc(Cl)cc1CNC(=O)c1ccc(C(N)N2CCCC(C)C2)c(C(F)(F)F)c1. The van der Waals surface area contributed by atoms with Crippen molar-refractivity contribution < 1.29 is 26.4 Å². The zero-order chi connectivity index (χ0) is 26.0. The van der Waals surface area contributed by atoms with Crippen LogP contribution in [0.4, 0.5) is 13.2 Å². The maximum absolute atomic E-state index is 13.9. The van der Waals surface area contributed by atoms with E-state index in [0.29, 0.717) is 19.0 Å². The normalized spacial score (nSPS) is 18.3. The highest BCUT2D eigenvalue weighted by Gasteiger charge is 2.37. The highest BCUT2D eigenvalue weighted by Crippen LogP contribution is 2.36. The first-order valence-corrected chi connectivity index (χ1v) is 13.4. The monoisotopic (exact) mass is 531 g/mol. The van der Waals surface area contributed by atoms with Crippen LogP contribution in [-0.4, -0.2) is 38.1 Å². The summed E-state index contributed by atoms with van der Waals surface area (Å²) in [6, 6.07) is 7.52. The molecular weight excluding hydrogens is 503 g/mol. The number of hydrogen-bond donors (Lipinski definition) is 2. The van der Waals surface area contributed by atoms with E-state index in [9.17, 15) is 26.4 Å². The molecule has 3 N–H and O–H groups in total. The summed E-state index contributed by atoms with van der Waals surface area (Å²) >= 11 is 5.99. The first-order valence-electron chi connectivity index (χ1n) is 11.3. The predicted molar refractivity (Wildman–Crippen MR) is 129 cm³/mol. The zero-order valence-electron chi connectivity index (χ0n) is 19.5. The topological polar surface area (TPSA) is 92.5 Å². The van der Waals surface area contributed by atoms with Gasteiger partial charge in [0, 0.05) is 23.7 Å². The number of likely N-dealkylation sites (tertiary alicyclic amines) is 1. The summed E-state index contributed by atoms with van der Waals surface area (Å²) in [7, 11) is -3.59. The second-order valence-electron chi connectivity index (χ2n) is 8.83. The van der Waals surface area contributed by atoms with Gasteiger partial charge in [0.25, 0.3) is 5.91 Å². The van der Waals surface area contributed by atoms with Crippen LogP contribution in [0.1, 0.15) is 59.9 Å². The average molecular weight is 532 g/mol. The lowest BCUT2D eigenvalue weighted by molar-refractivity contribution is -0.138. The Morgan fingerprint density at radius 1 is 1.26 bits per heavy atom. The van der Waals surface area contributed by atoms with E-state index in [2.05, 4.69) is 5.32 Å². The van der Waals surface area contributed by atoms with E-state index in [1.165, 1.54) is 37.3 Å². The van der Waals surface area contributed by atoms with Crippen LogP contribution in [0.3, 0.4) is 0 Å². The molecule has 0 aliphatic carbocycles. The van der Waals surface area contributed by atoms with Gasteiger partial charge in [-0.05, 0) is 66.8 Å². The van der Waals surface area contributed by atoms with Crippen LogP contribution in [0.15, 0.2) is 41.3 Å². The molecule has 0 saturated carbocycles. The molecular formula is C24H29ClF3N3O3S. The van der Waals surface area contributed by atoms with Crippen molar-refractivity contribution in [3.8, 4) is 0 Å². The molecule has 11 heteroatoms. The number of nitrogens with two attached hydrogens (primary N) is 1. The van der Waals surface area contributed by atoms with Crippen molar-refractivity contribution in [2.45, 2.75) is 50.5 Å². The van der Waals surface area contributed by atoms with E-state index in [-0.39, 0.29) is 38.9 Å². The number of hydrogen-bond acceptors (Lipinski definition) is 5. The van der Waals surface area contributed by atoms with Crippen molar-refractivity contribution in [2.24, 2.45) is 11.7 Å². The van der Waals surface area contributed by atoms with E-state index >= 15 is 0 Å². The standard InChI is InChI=1S/C24H29ClF3N3O3S/c1-3-35(33,34)21-9-7-18(25)11-17(21)13-30-23(32)16-6-8-19(20(12-16)24(26,27)28)22(29)31-10-4-5-15(2)14-31/h6-9,11-12,15,22H,3-5,10,13-14,29H2,1-2H3,(H,30,32). The predicted octanol–water partition coefficient (Wildman–Crippen LogP) is 4.77. The van der Waals surface area contributed by atoms with Gasteiger partial charge in [-0.1, -0.05) is 31.5 Å². The van der Waals surface area contributed by atoms with Crippen LogP contribution >= 0.6 is 11.6 Å². The third-order valence-electron chi connectivity index (χ3n) is 6.20. The number of carbonyl (C=O) groups is 1. The van der Waals surface area contributed by atoms with Gasteiger partial charge in [0.15, 0.2) is 9.84 Å². The largest absolute Gasteiger partial charge is 0.416 e. The summed E-state index contributed by atoms with van der Waals surface area (Å²) in [6.45, 7) is 4.51. The van der Waals surface area contributed by atoms with Crippen LogP contribution in [0.5, 0.6) is 0 Å². The smallest absolute Gasteiger partial charge is 0.348 e. The van der Waals surface area contributed by atoms with E-state index in [4.69, 9.17) is 17.3 Å². The lowest BCUT2D eigenvalue weighted by Crippen LogP contribution is -2.42. The minimum absolute atomic E-state index is 0.0118. The molecule has 1 aliphatic rings. The maximum atomic E-state index is 13.9. The lowest BCUT2D eigenvalue weighted by Gasteiger charge is -2.36. The molecule has 35 heavy (non-hydrogen) atoms. The van der Waals surface area contributed by atoms with Crippen LogP contribution in [0, 0.1) is 5.92 Å². The van der Waals surface area contributed by atoms with Crippen LogP contribution in [0.2, 0.25) is 5.02 Å². The van der Waals surface area contributed by atoms with Crippen molar-refractivity contribution in [1.82, 2.24) is 10.2 Å². The Morgan fingerprint density at radius 3 is 2.60 bits per heavy atom. The molecule has 0 aromatic heterocycles. The molecule has 1 amide bonds. The van der Waals surface area contributed by atoms with E-state index in [1.54, 1.807) is 0 Å². The van der Waals surface area contributed by atoms with E-state index in [1.807, 2.05) is 11.8 Å². The summed E-state index contributed by atoms with van der Waals surface area (Å²) in [6.07, 6.45) is -3.79. The second-order valence-corrected chi connectivity index (χ2v) is 11.5. The lowest BCUT2D eigenvalue weighted by atomic mass is 9.96. The van der Waals surface area contributed by atoms with Gasteiger partial charge in [-0.2, -0.15) is 13.2 Å². The molecule has 0 spiro atoms. The number of carbonyl (C=O) groups excluding carboxylic acids is 1. The van der Waals surface area contributed by atoms with Crippen molar-refractivity contribution >= 4 is 27.3 Å². The highest BCUT2D eigenvalue weighted by molar-refractivity contribution is 7.91. The minimum Gasteiger partial charge on any atom is -0.348 e. The van der Waals surface area contributed by atoms with E-state index in [0.717, 1.165) is 18.9 Å². The number of halogens is 4. The molecule has 3 rings (SSSR count). The molecule has 1 saturated heterocycles. The number of amides is 1. The number of alkyl halides is 3. The summed E-state index contributed by atoms with van der Waals surface area (Å²) in [5, 5.41) is 2.78. The summed E-state index contributed by atoms with van der Waals surface area (Å²) in [4.78, 5) is 14.6. The Morgan fingerprint density at radius 2 is 1.97 bits per heavy atom. The number of rotatable bonds is 7. The van der Waals surface area contributed by atoms with Gasteiger partial charge < -0.3 is 11.1 Å². The summed E-state index contributed by atoms with van der Waals surface area (Å²) in [5.74, 6) is -0.591. The molecule has 2 aromatic carbocycles. The number of piperidine rings is 1. The van der Waals surface area contributed by atoms with Crippen molar-refractivity contribution in [3.63, 3.8) is 0 Å². The Balaban J connectivity index is 1.86. The van der Waals surface area contributed by atoms with Gasteiger partial charge in [0.05, 0.1) is 22.4 Å². The first-order chi connectivity index (χ1) is 16.3. The quantitative estimate of drug-likeness (QED) is 0.537. The average Bonchev–Trinajstić information content (AvgIpc) is 2.81. The molecule has 2 aromatic rings. The zero-order valence-corrected chi connectivity index (χ0v) is 21.1. The van der Waals surface area contributed by atoms with E-state index < -0.39 is 33.6 Å². The van der Waals surface area contributed by atoms with Crippen molar-refractivity contribution in [3.05, 3.63) is 63.7 Å². The fourth-order valence-electron chi connectivity index (χ4n) is 4.30. The van der Waals surface area contributed by atoms with Crippen LogP contribution in [0.25, 0.3) is 0 Å². The fourth-order valence-corrected chi connectivity index (χ4v) is 5.61. The van der Waals surface area contributed by atoms with Gasteiger partial charge in [0.2, 0.25) is 0 Å². The minimum atomic E-state index is -4.71. The molecule has 1 fully saturated rings. The molecule has 2 atom stereocenters. The third kappa shape index (κ3) is 6.55. The van der Waals surface area contributed by atoms with Gasteiger partial charge >= 0.3 is 6.18 Å². The molecule has 0 bridgehead atoms. The van der Waals surface area contributed by atoms with Gasteiger partial charge in [-0.25, -0.2) is 8.42 Å². The van der Waals surface area contributed by atoms with Crippen molar-refractivity contribution in [1.29, 1.82) is 0 Å². The van der Waals surface area contributed by atoms with Crippen LogP contribution in [-0.2, 0) is 22.6 Å². The van der Waals surface area contributed by atoms with Gasteiger partial charge in [-0.3, -0.25) is 9.69 Å². The molecule has 192 valence electrons. The van der Waals surface area contributed by atoms with Crippen molar-refractivity contribution in [2.75, 3.05) is 18.8 Å². The molecule has 1 heterocycles. The third-order valence-corrected chi connectivity index (χ3v) is 8.26. The fraction of sp³-hybridized carbons (Fsp3) is 0.458. The van der Waals surface area contributed by atoms with Gasteiger partial charge in [-0.15, -0.1) is 0 Å². The summed E-state index contributed by atoms with van der Waals surface area (Å²) < 4.78 is 66.5. The summed E-state index contributed by atoms with van der Waals surface area (Å²) in [5.41, 5.74) is 5.22. The van der Waals surface area contributed by atoms with Gasteiger partial charge in [0.1, 0.15) is 0 Å². The molecule has 0 radical (unpaired) electrons. The highest BCUT2D eigenvalue weighted by atomic mass is 35.5. The maximum Gasteiger partial charge on any atom is 0.416 e. The number of nitrogens with zero attached hydrogens (tertiary/aromatic N) is 1. The Hall–Kier alpha value is -2.14. The molecule has 1 aliphatic heterocycles. The molecule has 6 nitrogen and oxygen atoms in total. The van der Waals surface area contributed by atoms with Crippen LogP contribution < -0.4 is 11.1 Å². The number of sulfone groups is 1. The second kappa shape index (κ2) is 10.9.